The number of carbonyl (C=O) groups is 2. The van der Waals surface area contributed by atoms with Gasteiger partial charge in [-0.15, -0.1) is 0 Å². The predicted molar refractivity (Wildman–Crippen MR) is 163 cm³/mol. The van der Waals surface area contributed by atoms with Crippen molar-refractivity contribution in [3.63, 3.8) is 0 Å². The number of hydrogen-bond donors (Lipinski definition) is 1. The van der Waals surface area contributed by atoms with E-state index >= 15 is 0 Å². The van der Waals surface area contributed by atoms with E-state index in [4.69, 9.17) is 16.3 Å². The summed E-state index contributed by atoms with van der Waals surface area (Å²) < 4.78 is 34.2. The van der Waals surface area contributed by atoms with Crippen LogP contribution >= 0.6 is 11.6 Å². The summed E-state index contributed by atoms with van der Waals surface area (Å²) in [5.74, 6) is -0.267. The molecule has 3 rings (SSSR count). The normalized spacial score (nSPS) is 12.4. The number of benzene rings is 3. The van der Waals surface area contributed by atoms with Crippen LogP contribution in [0, 0.1) is 6.92 Å². The number of carbonyl (C=O) groups excluding carboxylic acids is 2. The van der Waals surface area contributed by atoms with Crippen molar-refractivity contribution in [1.82, 2.24) is 10.2 Å². The van der Waals surface area contributed by atoms with Gasteiger partial charge in [-0.2, -0.15) is 0 Å². The Morgan fingerprint density at radius 2 is 1.68 bits per heavy atom. The van der Waals surface area contributed by atoms with Crippen LogP contribution in [0.5, 0.6) is 5.75 Å². The maximum absolute atomic E-state index is 14.2. The largest absolute Gasteiger partial charge is 0.497 e. The van der Waals surface area contributed by atoms with Gasteiger partial charge in [0.05, 0.1) is 17.7 Å². The topological polar surface area (TPSA) is 96.0 Å². The van der Waals surface area contributed by atoms with Gasteiger partial charge in [0.15, 0.2) is 0 Å². The van der Waals surface area contributed by atoms with E-state index in [9.17, 15) is 18.0 Å². The molecule has 3 aromatic carbocycles. The number of halogens is 1. The third kappa shape index (κ3) is 8.24. The van der Waals surface area contributed by atoms with E-state index in [1.54, 1.807) is 55.6 Å². The number of aryl methyl sites for hydroxylation is 1. The summed E-state index contributed by atoms with van der Waals surface area (Å²) in [6, 6.07) is 19.1. The Hall–Kier alpha value is -3.56. The first-order chi connectivity index (χ1) is 19.3. The van der Waals surface area contributed by atoms with Gasteiger partial charge in [-0.05, 0) is 81.6 Å². The fourth-order valence-corrected chi connectivity index (χ4v) is 5.93. The van der Waals surface area contributed by atoms with Gasteiger partial charge in [-0.3, -0.25) is 13.9 Å². The molecule has 10 heteroatoms. The second kappa shape index (κ2) is 13.4. The van der Waals surface area contributed by atoms with E-state index in [-0.39, 0.29) is 23.0 Å². The Balaban J connectivity index is 2.09. The lowest BCUT2D eigenvalue weighted by atomic mass is 10.1. The third-order valence-electron chi connectivity index (χ3n) is 6.42. The van der Waals surface area contributed by atoms with Gasteiger partial charge in [0.1, 0.15) is 18.3 Å². The molecule has 0 fully saturated rings. The van der Waals surface area contributed by atoms with E-state index in [1.165, 1.54) is 23.1 Å². The number of anilines is 1. The minimum atomic E-state index is -4.17. The zero-order chi connectivity index (χ0) is 30.4. The lowest BCUT2D eigenvalue weighted by Crippen LogP contribution is -2.55. The highest BCUT2D eigenvalue weighted by Crippen LogP contribution is 2.29. The molecule has 1 N–H and O–H groups in total. The summed E-state index contributed by atoms with van der Waals surface area (Å²) in [5, 5.41) is 3.33. The molecular weight excluding hydrogens is 562 g/mol. The summed E-state index contributed by atoms with van der Waals surface area (Å²) in [6.45, 7) is 8.74. The van der Waals surface area contributed by atoms with Crippen LogP contribution in [-0.4, -0.2) is 50.4 Å². The number of amides is 2. The van der Waals surface area contributed by atoms with Crippen molar-refractivity contribution in [2.45, 2.75) is 64.1 Å². The number of nitrogens with zero attached hydrogens (tertiary/aromatic N) is 2. The molecule has 0 spiro atoms. The Labute approximate surface area is 248 Å². The minimum absolute atomic E-state index is 0.0290. The van der Waals surface area contributed by atoms with E-state index in [1.807, 2.05) is 40.7 Å². The van der Waals surface area contributed by atoms with Crippen molar-refractivity contribution in [1.29, 1.82) is 0 Å². The molecule has 8 nitrogen and oxygen atoms in total. The van der Waals surface area contributed by atoms with Crippen LogP contribution in [0.25, 0.3) is 0 Å². The first-order valence-electron chi connectivity index (χ1n) is 13.3. The molecular formula is C31H38ClN3O5S. The number of rotatable bonds is 11. The zero-order valence-corrected chi connectivity index (χ0v) is 25.9. The smallest absolute Gasteiger partial charge is 0.264 e. The maximum atomic E-state index is 14.2. The fraction of sp³-hybridized carbons (Fsp3) is 0.355. The van der Waals surface area contributed by atoms with E-state index in [0.29, 0.717) is 17.2 Å². The van der Waals surface area contributed by atoms with Crippen LogP contribution in [0.3, 0.4) is 0 Å². The Morgan fingerprint density at radius 3 is 2.27 bits per heavy atom. The van der Waals surface area contributed by atoms with Gasteiger partial charge in [-0.1, -0.05) is 54.9 Å². The quantitative estimate of drug-likeness (QED) is 0.311. The molecule has 0 saturated heterocycles. The molecule has 0 aromatic heterocycles. The number of nitrogens with one attached hydrogen (secondary N) is 1. The van der Waals surface area contributed by atoms with Crippen molar-refractivity contribution in [3.05, 3.63) is 88.9 Å². The van der Waals surface area contributed by atoms with Crippen molar-refractivity contribution in [2.75, 3.05) is 18.0 Å². The van der Waals surface area contributed by atoms with Gasteiger partial charge in [0.25, 0.3) is 10.0 Å². The molecule has 0 aliphatic rings. The summed E-state index contributed by atoms with van der Waals surface area (Å²) >= 11 is 6.38. The number of methoxy groups -OCH3 is 1. The number of hydrogen-bond acceptors (Lipinski definition) is 5. The fourth-order valence-electron chi connectivity index (χ4n) is 4.33. The van der Waals surface area contributed by atoms with Gasteiger partial charge in [0.2, 0.25) is 11.8 Å². The van der Waals surface area contributed by atoms with Crippen LogP contribution in [0.1, 0.15) is 45.2 Å². The minimum Gasteiger partial charge on any atom is -0.497 e. The molecule has 220 valence electrons. The molecule has 41 heavy (non-hydrogen) atoms. The molecule has 0 aliphatic carbocycles. The van der Waals surface area contributed by atoms with Gasteiger partial charge >= 0.3 is 0 Å². The van der Waals surface area contributed by atoms with E-state index in [0.717, 1.165) is 15.4 Å². The Bertz CT molecular complexity index is 1470. The third-order valence-corrected chi connectivity index (χ3v) is 8.62. The lowest BCUT2D eigenvalue weighted by Gasteiger charge is -2.35. The molecule has 2 amide bonds. The van der Waals surface area contributed by atoms with Gasteiger partial charge in [0, 0.05) is 17.1 Å². The molecule has 0 aliphatic heterocycles. The average Bonchev–Trinajstić information content (AvgIpc) is 2.92. The van der Waals surface area contributed by atoms with Crippen LogP contribution in [0.15, 0.2) is 77.7 Å². The average molecular weight is 600 g/mol. The maximum Gasteiger partial charge on any atom is 0.264 e. The molecule has 0 bridgehead atoms. The standard InChI is InChI=1S/C31H38ClN3O5S/c1-7-28(30(37)33-31(3,4)5)34(20-23-12-11-13-25(18-23)40-6)29(36)21-35(24-17-16-22(2)27(32)19-24)41(38,39)26-14-9-8-10-15-26/h8-19,28H,7,20-21H2,1-6H3,(H,33,37). The van der Waals surface area contributed by atoms with E-state index < -0.39 is 34.1 Å². The second-order valence-corrected chi connectivity index (χ2v) is 13.1. The van der Waals surface area contributed by atoms with Crippen LogP contribution in [-0.2, 0) is 26.2 Å². The summed E-state index contributed by atoms with van der Waals surface area (Å²) in [7, 11) is -2.62. The van der Waals surface area contributed by atoms with Crippen molar-refractivity contribution in [2.24, 2.45) is 0 Å². The molecule has 0 saturated carbocycles. The molecule has 3 aromatic rings. The second-order valence-electron chi connectivity index (χ2n) is 10.8. The van der Waals surface area contributed by atoms with Crippen molar-refractivity contribution >= 4 is 39.1 Å². The molecule has 1 unspecified atom stereocenters. The molecule has 1 atom stereocenters. The number of ether oxygens (including phenoxy) is 1. The monoisotopic (exact) mass is 599 g/mol. The highest BCUT2D eigenvalue weighted by molar-refractivity contribution is 7.92. The first kappa shape index (κ1) is 32.0. The highest BCUT2D eigenvalue weighted by Gasteiger charge is 2.34. The number of sulfonamides is 1. The summed E-state index contributed by atoms with van der Waals surface area (Å²) in [4.78, 5) is 29.0. The Kier molecular flexibility index (Phi) is 10.4. The first-order valence-corrected chi connectivity index (χ1v) is 15.2. The summed E-state index contributed by atoms with van der Waals surface area (Å²) in [5.41, 5.74) is 1.21. The highest BCUT2D eigenvalue weighted by atomic mass is 35.5. The predicted octanol–water partition coefficient (Wildman–Crippen LogP) is 5.57. The summed E-state index contributed by atoms with van der Waals surface area (Å²) in [6.07, 6.45) is 0.319. The molecule has 0 radical (unpaired) electrons. The Morgan fingerprint density at radius 1 is 1.00 bits per heavy atom. The van der Waals surface area contributed by atoms with Gasteiger partial charge in [-0.25, -0.2) is 8.42 Å². The van der Waals surface area contributed by atoms with Gasteiger partial charge < -0.3 is 15.0 Å². The molecule has 0 heterocycles. The van der Waals surface area contributed by atoms with Crippen molar-refractivity contribution < 1.29 is 22.7 Å². The van der Waals surface area contributed by atoms with E-state index in [2.05, 4.69) is 5.32 Å². The van der Waals surface area contributed by atoms with Crippen LogP contribution < -0.4 is 14.4 Å². The van der Waals surface area contributed by atoms with Crippen molar-refractivity contribution in [3.8, 4) is 5.75 Å². The van der Waals surface area contributed by atoms with Crippen LogP contribution in [0.4, 0.5) is 5.69 Å². The SMILES string of the molecule is CCC(C(=O)NC(C)(C)C)N(Cc1cccc(OC)c1)C(=O)CN(c1ccc(C)c(Cl)c1)S(=O)(=O)c1ccccc1. The van der Waals surface area contributed by atoms with Crippen LogP contribution in [0.2, 0.25) is 5.02 Å². The lowest BCUT2D eigenvalue weighted by molar-refractivity contribution is -0.141. The zero-order valence-electron chi connectivity index (χ0n) is 24.3.